The highest BCUT2D eigenvalue weighted by Gasteiger charge is 2.30. The first-order valence-corrected chi connectivity index (χ1v) is 29.0. The average molecular weight is 1190 g/mol. The van der Waals surface area contributed by atoms with Crippen LogP contribution in [0.15, 0.2) is 178 Å². The molecule has 2 aromatic heterocycles. The van der Waals surface area contributed by atoms with E-state index >= 15 is 0 Å². The number of anilines is 2. The Morgan fingerprint density at radius 1 is 0.512 bits per heavy atom. The molecule has 0 bridgehead atoms. The van der Waals surface area contributed by atoms with Gasteiger partial charge in [0, 0.05) is 83.2 Å². The molecule has 1 amide bonds. The monoisotopic (exact) mass is 1190 g/mol. The Morgan fingerprint density at radius 3 is 1.57 bits per heavy atom. The Morgan fingerprint density at radius 2 is 1.04 bits per heavy atom. The first kappa shape index (κ1) is 54.4. The highest BCUT2D eigenvalue weighted by atomic mass is 35.5. The van der Waals surface area contributed by atoms with E-state index in [1.54, 1.807) is 28.2 Å². The van der Waals surface area contributed by atoms with Crippen molar-refractivity contribution in [1.29, 1.82) is 0 Å². The lowest BCUT2D eigenvalue weighted by Crippen LogP contribution is -2.31. The zero-order chi connectivity index (χ0) is 57.9. The molecule has 0 saturated carbocycles. The van der Waals surface area contributed by atoms with Crippen molar-refractivity contribution in [3.8, 4) is 22.6 Å². The molecular formula is C67H50Cl4N8O5. The molecule has 0 aliphatic heterocycles. The van der Waals surface area contributed by atoms with Gasteiger partial charge in [-0.15, -0.1) is 10.2 Å². The number of carbonyl (C=O) groups excluding carboxylic acids is 2. The van der Waals surface area contributed by atoms with Crippen molar-refractivity contribution in [3.63, 3.8) is 0 Å². The Kier molecular flexibility index (Phi) is 14.5. The number of ketones is 1. The molecule has 1 aliphatic carbocycles. The van der Waals surface area contributed by atoms with Crippen LogP contribution in [0, 0.1) is 0 Å². The Labute approximate surface area is 501 Å². The minimum atomic E-state index is -0.330. The highest BCUT2D eigenvalue weighted by Crippen LogP contribution is 2.49. The number of benzene rings is 10. The second-order valence-corrected chi connectivity index (χ2v) is 21.8. The number of hydrogen-bond acceptors (Lipinski definition) is 10. The van der Waals surface area contributed by atoms with E-state index in [1.807, 2.05) is 149 Å². The SMILES string of the molecule is CCOc1c(CON(CC)c2ccccc2Cl)cc2ccc3c4cc(Cl)ccc4[nH]c3c2c1N=Nc1ccc2c(c1)C(=O)c1cc(N=Nc3c(OCC)c(C(=O)N(CC)c4ccccc4Cl)cc4ccc5c6cc(Cl)ccc6[nH]c5c34)ccc1-2. The van der Waals surface area contributed by atoms with Crippen LogP contribution in [0.3, 0.4) is 0 Å². The molecule has 1 aliphatic rings. The van der Waals surface area contributed by atoms with E-state index in [4.69, 9.17) is 81.2 Å². The van der Waals surface area contributed by atoms with Crippen molar-refractivity contribution in [2.45, 2.75) is 34.3 Å². The fraction of sp³-hybridized carbons (Fsp3) is 0.134. The Hall–Kier alpha value is -8.82. The third kappa shape index (κ3) is 9.51. The van der Waals surface area contributed by atoms with Crippen LogP contribution < -0.4 is 19.4 Å². The van der Waals surface area contributed by atoms with Crippen molar-refractivity contribution in [3.05, 3.63) is 200 Å². The van der Waals surface area contributed by atoms with Crippen molar-refractivity contribution >= 4 is 157 Å². The predicted octanol–water partition coefficient (Wildman–Crippen LogP) is 20.3. The number of aromatic nitrogens is 2. The van der Waals surface area contributed by atoms with E-state index in [0.29, 0.717) is 90.5 Å². The molecule has 0 fully saturated rings. The van der Waals surface area contributed by atoms with E-state index in [-0.39, 0.29) is 36.2 Å². The summed E-state index contributed by atoms with van der Waals surface area (Å²) in [7, 11) is 0. The number of aromatic amines is 2. The van der Waals surface area contributed by atoms with Crippen LogP contribution in [0.4, 0.5) is 34.1 Å². The molecule has 0 saturated heterocycles. The smallest absolute Gasteiger partial charge is 0.262 e. The summed E-state index contributed by atoms with van der Waals surface area (Å²) >= 11 is 26.4. The molecule has 84 heavy (non-hydrogen) atoms. The van der Waals surface area contributed by atoms with Crippen molar-refractivity contribution in [2.24, 2.45) is 20.5 Å². The van der Waals surface area contributed by atoms with Crippen LogP contribution in [0.25, 0.3) is 76.3 Å². The summed E-state index contributed by atoms with van der Waals surface area (Å²) in [6.07, 6.45) is 0. The van der Waals surface area contributed by atoms with Crippen LogP contribution >= 0.6 is 46.4 Å². The molecule has 12 aromatic rings. The van der Waals surface area contributed by atoms with Gasteiger partial charge in [0.25, 0.3) is 5.91 Å². The summed E-state index contributed by atoms with van der Waals surface area (Å²) < 4.78 is 12.9. The normalized spacial score (nSPS) is 12.3. The first-order valence-electron chi connectivity index (χ1n) is 27.5. The third-order valence-corrected chi connectivity index (χ3v) is 16.3. The van der Waals surface area contributed by atoms with Gasteiger partial charge in [-0.1, -0.05) is 107 Å². The molecule has 0 unspecified atom stereocenters. The fourth-order valence-corrected chi connectivity index (χ4v) is 12.3. The Bertz CT molecular complexity index is 4770. The maximum atomic E-state index is 14.9. The lowest BCUT2D eigenvalue weighted by Gasteiger charge is -2.24. The number of rotatable bonds is 16. The van der Waals surface area contributed by atoms with Crippen molar-refractivity contribution < 1.29 is 23.9 Å². The zero-order valence-electron chi connectivity index (χ0n) is 45.8. The Balaban J connectivity index is 0.884. The van der Waals surface area contributed by atoms with E-state index in [0.717, 1.165) is 82.1 Å². The minimum absolute atomic E-state index is 0.128. The maximum Gasteiger partial charge on any atom is 0.262 e. The molecule has 2 N–H and O–H groups in total. The van der Waals surface area contributed by atoms with Gasteiger partial charge in [-0.2, -0.15) is 10.2 Å². The van der Waals surface area contributed by atoms with E-state index in [1.165, 1.54) is 0 Å². The maximum absolute atomic E-state index is 14.9. The highest BCUT2D eigenvalue weighted by molar-refractivity contribution is 6.35. The van der Waals surface area contributed by atoms with Crippen LogP contribution in [-0.4, -0.2) is 48.0 Å². The van der Waals surface area contributed by atoms with Crippen molar-refractivity contribution in [2.75, 3.05) is 36.3 Å². The predicted molar refractivity (Wildman–Crippen MR) is 341 cm³/mol. The molecule has 0 spiro atoms. The van der Waals surface area contributed by atoms with Crippen molar-refractivity contribution in [1.82, 2.24) is 9.97 Å². The number of azo groups is 2. The number of carbonyl (C=O) groups is 2. The number of amides is 1. The van der Waals surface area contributed by atoms with Crippen LogP contribution in [0.2, 0.25) is 20.1 Å². The largest absolute Gasteiger partial charge is 0.491 e. The lowest BCUT2D eigenvalue weighted by atomic mass is 9.99. The second kappa shape index (κ2) is 22.4. The second-order valence-electron chi connectivity index (χ2n) is 20.1. The summed E-state index contributed by atoms with van der Waals surface area (Å²) in [5.74, 6) is 0.198. The lowest BCUT2D eigenvalue weighted by molar-refractivity contribution is 0.0953. The van der Waals surface area contributed by atoms with Crippen LogP contribution in [0.1, 0.15) is 59.5 Å². The zero-order valence-corrected chi connectivity index (χ0v) is 48.8. The van der Waals surface area contributed by atoms with Gasteiger partial charge in [-0.3, -0.25) is 19.5 Å². The van der Waals surface area contributed by atoms with E-state index in [2.05, 4.69) is 28.2 Å². The van der Waals surface area contributed by atoms with Gasteiger partial charge in [0.1, 0.15) is 18.0 Å². The number of H-pyrrole nitrogens is 2. The summed E-state index contributed by atoms with van der Waals surface area (Å²) in [4.78, 5) is 44.8. The van der Waals surface area contributed by atoms with Gasteiger partial charge < -0.3 is 24.3 Å². The quantitative estimate of drug-likeness (QED) is 0.0727. The van der Waals surface area contributed by atoms with Crippen LogP contribution in [0.5, 0.6) is 11.5 Å². The minimum Gasteiger partial charge on any atom is -0.491 e. The molecule has 2 heterocycles. The average Bonchev–Trinajstić information content (AvgIpc) is 4.35. The standard InChI is InChI=1S/C67H50Cl4N8O5/c1-5-78(56-15-11-9-13-52(56)70)67(81)51-30-37-18-24-46-48-32-40(69)20-28-55(48)73-61(46)59(37)63(66(51)83-8-4)77-75-42-22-26-44-43-25-21-41(33-49(43)64(80)50(44)34-42)74-76-62-58-36(17-23-45-47-31-39(68)19-27-54(47)72-60(45)58)29-38(65(62)82-7-3)35-84-79(6-2)57-16-12-10-14-53(57)71/h9-34,72-73H,5-8,35H2,1-4H3. The number of nitrogens with one attached hydrogen (secondary N) is 2. The van der Waals surface area contributed by atoms with Crippen LogP contribution in [-0.2, 0) is 11.4 Å². The molecule has 0 atom stereocenters. The molecule has 0 radical (unpaired) electrons. The number of halogens is 4. The summed E-state index contributed by atoms with van der Waals surface area (Å²) in [6.45, 7) is 9.19. The molecular weight excluding hydrogens is 1140 g/mol. The summed E-state index contributed by atoms with van der Waals surface area (Å²) in [6, 6.07) is 49.1. The molecule has 416 valence electrons. The number of hydrogen-bond donors (Lipinski definition) is 2. The summed E-state index contributed by atoms with van der Waals surface area (Å²) in [5, 5.41) is 30.4. The van der Waals surface area contributed by atoms with Gasteiger partial charge in [0.15, 0.2) is 17.3 Å². The molecule has 10 aromatic carbocycles. The molecule has 13 rings (SSSR count). The first-order chi connectivity index (χ1) is 40.9. The third-order valence-electron chi connectivity index (χ3n) is 15.2. The number of ether oxygens (including phenoxy) is 2. The number of fused-ring (bicyclic) bond motifs is 13. The van der Waals surface area contributed by atoms with E-state index < -0.39 is 0 Å². The van der Waals surface area contributed by atoms with Gasteiger partial charge in [0.05, 0.1) is 62.6 Å². The van der Waals surface area contributed by atoms with Gasteiger partial charge in [-0.25, -0.2) is 0 Å². The van der Waals surface area contributed by atoms with Gasteiger partial charge in [0.2, 0.25) is 0 Å². The summed E-state index contributed by atoms with van der Waals surface area (Å²) in [5.41, 5.74) is 9.73. The molecule has 13 nitrogen and oxygen atoms in total. The number of para-hydroxylation sites is 2. The van der Waals surface area contributed by atoms with E-state index in [9.17, 15) is 9.59 Å². The van der Waals surface area contributed by atoms with Gasteiger partial charge >= 0.3 is 0 Å². The fourth-order valence-electron chi connectivity index (χ4n) is 11.5. The number of nitrogens with zero attached hydrogens (tertiary/aromatic N) is 6. The van der Waals surface area contributed by atoms with Gasteiger partial charge in [-0.05, 0) is 147 Å². The number of hydroxylamine groups is 1. The molecule has 17 heteroatoms. The topological polar surface area (TPSA) is 149 Å².